The smallest absolute Gasteiger partial charge is 0.187 e. The van der Waals surface area contributed by atoms with E-state index in [2.05, 4.69) is 41.5 Å². The van der Waals surface area contributed by atoms with Crippen LogP contribution >= 0.6 is 0 Å². The molecule has 3 heterocycles. The van der Waals surface area contributed by atoms with Gasteiger partial charge in [-0.2, -0.15) is 0 Å². The molecule has 7 rings (SSSR count). The number of ether oxygens (including phenoxy) is 5. The summed E-state index contributed by atoms with van der Waals surface area (Å²) in [6.07, 6.45) is -11.0. The lowest BCUT2D eigenvalue weighted by atomic mass is 9.34. The Hall–Kier alpha value is -0.560. The first-order chi connectivity index (χ1) is 25.9. The first-order valence-corrected chi connectivity index (χ1v) is 21.2. The largest absolute Gasteiger partial charge is 0.394 e. The lowest BCUT2D eigenvalue weighted by Crippen LogP contribution is -2.71. The van der Waals surface area contributed by atoms with Gasteiger partial charge in [-0.05, 0) is 124 Å². The maximum atomic E-state index is 12.4. The van der Waals surface area contributed by atoms with Crippen molar-refractivity contribution in [2.75, 3.05) is 6.61 Å². The number of hydrogen-bond donors (Lipinski definition) is 9. The van der Waals surface area contributed by atoms with Crippen LogP contribution < -0.4 is 0 Å². The van der Waals surface area contributed by atoms with Crippen LogP contribution in [-0.2, 0) is 23.7 Å². The highest BCUT2D eigenvalue weighted by molar-refractivity contribution is 5.22. The van der Waals surface area contributed by atoms with E-state index in [9.17, 15) is 46.0 Å². The zero-order chi connectivity index (χ0) is 41.3. The Morgan fingerprint density at radius 2 is 1.41 bits per heavy atom. The van der Waals surface area contributed by atoms with Gasteiger partial charge in [-0.25, -0.2) is 0 Å². The topological polar surface area (TPSA) is 228 Å². The second-order valence-electron chi connectivity index (χ2n) is 21.2. The molecule has 0 bridgehead atoms. The third-order valence-corrected chi connectivity index (χ3v) is 17.3. The maximum absolute atomic E-state index is 12.4. The van der Waals surface area contributed by atoms with Gasteiger partial charge in [0, 0.05) is 0 Å². The number of aliphatic hydroxyl groups excluding tert-OH is 8. The first kappa shape index (κ1) is 43.5. The molecule has 324 valence electrons. The van der Waals surface area contributed by atoms with Gasteiger partial charge in [0.05, 0.1) is 48.3 Å². The van der Waals surface area contributed by atoms with Gasteiger partial charge >= 0.3 is 0 Å². The van der Waals surface area contributed by atoms with E-state index >= 15 is 0 Å². The van der Waals surface area contributed by atoms with Crippen LogP contribution in [0.3, 0.4) is 0 Å². The Balaban J connectivity index is 1.26. The molecular weight excluding hydrogens is 728 g/mol. The van der Waals surface area contributed by atoms with E-state index in [0.717, 1.165) is 25.7 Å². The number of rotatable bonds is 7. The lowest BCUT2D eigenvalue weighted by Gasteiger charge is -2.72. The summed E-state index contributed by atoms with van der Waals surface area (Å²) in [5.74, 6) is -0.246. The third-order valence-electron chi connectivity index (χ3n) is 17.3. The molecule has 9 N–H and O–H groups in total. The molecule has 7 aliphatic rings. The molecule has 14 heteroatoms. The second kappa shape index (κ2) is 14.5. The quantitative estimate of drug-likeness (QED) is 0.166. The third kappa shape index (κ3) is 6.49. The van der Waals surface area contributed by atoms with Crippen molar-refractivity contribution in [2.45, 2.75) is 211 Å². The molecule has 0 aromatic heterocycles. The highest BCUT2D eigenvalue weighted by atomic mass is 16.8. The van der Waals surface area contributed by atoms with Gasteiger partial charge in [0.2, 0.25) is 0 Å². The van der Waals surface area contributed by atoms with E-state index in [0.29, 0.717) is 25.7 Å². The molecule has 3 aliphatic heterocycles. The molecule has 0 spiro atoms. The average molecular weight is 801 g/mol. The molecule has 0 aromatic rings. The molecule has 0 radical (unpaired) electrons. The predicted molar refractivity (Wildman–Crippen MR) is 200 cm³/mol. The van der Waals surface area contributed by atoms with Crippen LogP contribution in [-0.4, -0.2) is 150 Å². The van der Waals surface area contributed by atoms with Gasteiger partial charge in [-0.3, -0.25) is 0 Å². The van der Waals surface area contributed by atoms with E-state index in [1.807, 2.05) is 0 Å². The molecule has 0 amide bonds. The summed E-state index contributed by atoms with van der Waals surface area (Å²) in [7, 11) is 0. The van der Waals surface area contributed by atoms with Crippen LogP contribution in [0.1, 0.15) is 114 Å². The maximum Gasteiger partial charge on any atom is 0.187 e. The SMILES string of the molecule is C[C@@H]1O[C@@H](O[C@H]2[C@H](O[C@H]3C[C@]4(C)[C@H](C[C@@H](O)[C@@H]5[C@@H]([C@]6(C)CC[C@@H](C(C)(C)O)O6)CC[C@]54C)[C@@]4(C)CC[C@H](O)C(C)(C)[C@H]34)O[C@H](CO)[C@@H](O)[C@@H]2O)[C@@H](O)[C@@H](O)[C@@H]1O. The zero-order valence-electron chi connectivity index (χ0n) is 34.8. The fourth-order valence-corrected chi connectivity index (χ4v) is 14.1. The highest BCUT2D eigenvalue weighted by Gasteiger charge is 2.74. The molecule has 56 heavy (non-hydrogen) atoms. The molecule has 3 saturated heterocycles. The molecule has 0 unspecified atom stereocenters. The number of aliphatic hydroxyl groups is 9. The van der Waals surface area contributed by atoms with Crippen LogP contribution in [0, 0.1) is 45.3 Å². The summed E-state index contributed by atoms with van der Waals surface area (Å²) in [4.78, 5) is 0. The van der Waals surface area contributed by atoms with Gasteiger partial charge in [-0.1, -0.05) is 34.6 Å². The van der Waals surface area contributed by atoms with Gasteiger partial charge in [0.15, 0.2) is 12.6 Å². The molecule has 7 fully saturated rings. The van der Waals surface area contributed by atoms with Crippen molar-refractivity contribution >= 4 is 0 Å². The number of fused-ring (bicyclic) bond motifs is 5. The van der Waals surface area contributed by atoms with Crippen molar-refractivity contribution in [3.05, 3.63) is 0 Å². The Morgan fingerprint density at radius 1 is 0.732 bits per heavy atom. The van der Waals surface area contributed by atoms with E-state index < -0.39 is 114 Å². The monoisotopic (exact) mass is 800 g/mol. The summed E-state index contributed by atoms with van der Waals surface area (Å²) in [5.41, 5.74) is -3.36. The fourth-order valence-electron chi connectivity index (χ4n) is 14.1. The van der Waals surface area contributed by atoms with Crippen molar-refractivity contribution in [1.29, 1.82) is 0 Å². The molecule has 4 saturated carbocycles. The predicted octanol–water partition coefficient (Wildman–Crippen LogP) is 1.36. The summed E-state index contributed by atoms with van der Waals surface area (Å²) in [6, 6.07) is 0. The van der Waals surface area contributed by atoms with E-state index in [-0.39, 0.29) is 35.2 Å². The number of hydrogen-bond acceptors (Lipinski definition) is 14. The minimum atomic E-state index is -1.70. The minimum Gasteiger partial charge on any atom is -0.394 e. The Morgan fingerprint density at radius 3 is 2.04 bits per heavy atom. The Labute approximate surface area is 331 Å². The normalized spacial score (nSPS) is 57.3. The molecule has 22 atom stereocenters. The molecular formula is C42H72O14. The lowest BCUT2D eigenvalue weighted by molar-refractivity contribution is -0.382. The zero-order valence-corrected chi connectivity index (χ0v) is 34.8. The fraction of sp³-hybridized carbons (Fsp3) is 1.00. The Bertz CT molecular complexity index is 1430. The van der Waals surface area contributed by atoms with Gasteiger partial charge in [-0.15, -0.1) is 0 Å². The van der Waals surface area contributed by atoms with E-state index in [1.54, 1.807) is 13.8 Å². The summed E-state index contributed by atoms with van der Waals surface area (Å²) in [5, 5.41) is 99.5. The average Bonchev–Trinajstić information content (AvgIpc) is 3.71. The van der Waals surface area contributed by atoms with Crippen LogP contribution in [0.25, 0.3) is 0 Å². The van der Waals surface area contributed by atoms with Crippen molar-refractivity contribution in [2.24, 2.45) is 45.3 Å². The van der Waals surface area contributed by atoms with Crippen LogP contribution in [0.15, 0.2) is 0 Å². The summed E-state index contributed by atoms with van der Waals surface area (Å²) >= 11 is 0. The minimum absolute atomic E-state index is 0.0557. The standard InChI is InChI=1S/C42H72O14/c1-19-28(46)30(48)32(50)35(52-19)55-33-31(49)29(47)23(18-43)54-36(33)53-22-17-41(8)24(39(6)13-11-25(45)37(2,3)34(22)39)16-21(44)27-20(10-14-40(27,41)7)42(9)15-12-26(56-42)38(4,5)51/h19-36,43-51H,10-18H2,1-9H3/t19-,20-,21+,22-,23+,24+,25-,26-,27-,28+,29+,30-,31-,32-,33+,34-,35-,36+,39+,40+,41+,42-/m0/s1. The first-order valence-electron chi connectivity index (χ1n) is 21.2. The van der Waals surface area contributed by atoms with Crippen molar-refractivity contribution in [1.82, 2.24) is 0 Å². The van der Waals surface area contributed by atoms with Crippen molar-refractivity contribution < 1.29 is 69.6 Å². The summed E-state index contributed by atoms with van der Waals surface area (Å²) in [6.45, 7) is 17.6. The molecule has 0 aromatic carbocycles. The highest BCUT2D eigenvalue weighted by Crippen LogP contribution is 2.76. The second-order valence-corrected chi connectivity index (χ2v) is 21.2. The molecule has 14 nitrogen and oxygen atoms in total. The van der Waals surface area contributed by atoms with Gasteiger partial charge < -0.3 is 69.6 Å². The van der Waals surface area contributed by atoms with Crippen LogP contribution in [0.2, 0.25) is 0 Å². The van der Waals surface area contributed by atoms with E-state index in [4.69, 9.17) is 23.7 Å². The van der Waals surface area contributed by atoms with Gasteiger partial charge in [0.25, 0.3) is 0 Å². The molecule has 4 aliphatic carbocycles. The van der Waals surface area contributed by atoms with Crippen LogP contribution in [0.4, 0.5) is 0 Å². The summed E-state index contributed by atoms with van der Waals surface area (Å²) < 4.78 is 32.0. The van der Waals surface area contributed by atoms with Crippen molar-refractivity contribution in [3.63, 3.8) is 0 Å². The van der Waals surface area contributed by atoms with E-state index in [1.165, 1.54) is 6.92 Å². The van der Waals surface area contributed by atoms with Crippen LogP contribution in [0.5, 0.6) is 0 Å². The van der Waals surface area contributed by atoms with Crippen molar-refractivity contribution in [3.8, 4) is 0 Å². The van der Waals surface area contributed by atoms with Gasteiger partial charge in [0.1, 0.15) is 42.7 Å². The Kier molecular flexibility index (Phi) is 11.3.